The Labute approximate surface area is 127 Å². The second-order valence-electron chi connectivity index (χ2n) is 6.75. The van der Waals surface area contributed by atoms with E-state index in [1.165, 1.54) is 12.8 Å². The maximum Gasteiger partial charge on any atom is 0.119 e. The molecular formula is C17H26N2O2. The average molecular weight is 290 g/mol. The van der Waals surface area contributed by atoms with E-state index in [1.807, 2.05) is 38.4 Å². The molecule has 21 heavy (non-hydrogen) atoms. The molecule has 0 amide bonds. The molecule has 0 aromatic heterocycles. The molecule has 1 aromatic rings. The summed E-state index contributed by atoms with van der Waals surface area (Å²) in [4.78, 5) is 2.10. The van der Waals surface area contributed by atoms with Crippen LogP contribution in [0.15, 0.2) is 24.3 Å². The van der Waals surface area contributed by atoms with Crippen LogP contribution in [-0.4, -0.2) is 49.3 Å². The van der Waals surface area contributed by atoms with E-state index in [0.717, 1.165) is 30.7 Å². The number of aliphatic hydroxyl groups is 1. The summed E-state index contributed by atoms with van der Waals surface area (Å²) in [5.74, 6) is 0.876. The number of fused-ring (bicyclic) bond motifs is 2. The lowest BCUT2D eigenvalue weighted by Crippen LogP contribution is -2.46. The van der Waals surface area contributed by atoms with Crippen molar-refractivity contribution in [1.29, 1.82) is 0 Å². The van der Waals surface area contributed by atoms with Gasteiger partial charge in [0.2, 0.25) is 0 Å². The van der Waals surface area contributed by atoms with Crippen LogP contribution in [0.1, 0.15) is 31.2 Å². The van der Waals surface area contributed by atoms with Crippen molar-refractivity contribution < 1.29 is 9.84 Å². The zero-order valence-corrected chi connectivity index (χ0v) is 13.0. The number of likely N-dealkylation sites (N-methyl/N-ethyl adjacent to an activating group) is 1. The largest absolute Gasteiger partial charge is 0.492 e. The van der Waals surface area contributed by atoms with Crippen molar-refractivity contribution in [1.82, 2.24) is 10.2 Å². The zero-order chi connectivity index (χ0) is 14.9. The van der Waals surface area contributed by atoms with Gasteiger partial charge in [0.25, 0.3) is 0 Å². The summed E-state index contributed by atoms with van der Waals surface area (Å²) in [5.41, 5.74) is 0.361. The Hall–Kier alpha value is -1.10. The SMILES string of the molecule is CN(C)CCOc1ccc(C2(O)CC3CCC(C2)N3)cc1. The van der Waals surface area contributed by atoms with Gasteiger partial charge in [-0.3, -0.25) is 0 Å². The Morgan fingerprint density at radius 1 is 1.19 bits per heavy atom. The first-order chi connectivity index (χ1) is 10.0. The molecule has 2 heterocycles. The van der Waals surface area contributed by atoms with Gasteiger partial charge in [-0.1, -0.05) is 12.1 Å². The predicted octanol–water partition coefficient (Wildman–Crippen LogP) is 1.73. The molecule has 2 N–H and O–H groups in total. The molecule has 4 heteroatoms. The first-order valence-electron chi connectivity index (χ1n) is 7.92. The summed E-state index contributed by atoms with van der Waals surface area (Å²) in [6.45, 7) is 1.59. The van der Waals surface area contributed by atoms with Crippen LogP contribution < -0.4 is 10.1 Å². The summed E-state index contributed by atoms with van der Waals surface area (Å²) in [6, 6.07) is 8.96. The fourth-order valence-corrected chi connectivity index (χ4v) is 3.57. The molecule has 2 atom stereocenters. The topological polar surface area (TPSA) is 44.7 Å². The van der Waals surface area contributed by atoms with Gasteiger partial charge < -0.3 is 20.1 Å². The van der Waals surface area contributed by atoms with Crippen LogP contribution in [0.4, 0.5) is 0 Å². The maximum atomic E-state index is 11.0. The van der Waals surface area contributed by atoms with Gasteiger partial charge in [-0.2, -0.15) is 0 Å². The van der Waals surface area contributed by atoms with Crippen LogP contribution in [0.3, 0.4) is 0 Å². The third kappa shape index (κ3) is 3.39. The second kappa shape index (κ2) is 5.95. The second-order valence-corrected chi connectivity index (χ2v) is 6.75. The molecule has 4 nitrogen and oxygen atoms in total. The van der Waals surface area contributed by atoms with Crippen molar-refractivity contribution in [2.24, 2.45) is 0 Å². The summed E-state index contributed by atoms with van der Waals surface area (Å²) in [6.07, 6.45) is 4.03. The summed E-state index contributed by atoms with van der Waals surface area (Å²) in [5, 5.41) is 14.6. The van der Waals surface area contributed by atoms with E-state index in [2.05, 4.69) is 10.2 Å². The number of hydrogen-bond acceptors (Lipinski definition) is 4. The molecule has 0 saturated carbocycles. The highest BCUT2D eigenvalue weighted by Crippen LogP contribution is 2.40. The van der Waals surface area contributed by atoms with Crippen LogP contribution in [0.2, 0.25) is 0 Å². The maximum absolute atomic E-state index is 11.0. The van der Waals surface area contributed by atoms with Crippen molar-refractivity contribution in [2.75, 3.05) is 27.2 Å². The monoisotopic (exact) mass is 290 g/mol. The third-order valence-corrected chi connectivity index (χ3v) is 4.70. The van der Waals surface area contributed by atoms with E-state index in [0.29, 0.717) is 18.7 Å². The smallest absolute Gasteiger partial charge is 0.119 e. The van der Waals surface area contributed by atoms with Crippen molar-refractivity contribution in [3.8, 4) is 5.75 Å². The van der Waals surface area contributed by atoms with Crippen LogP contribution in [0, 0.1) is 0 Å². The molecular weight excluding hydrogens is 264 g/mol. The first-order valence-corrected chi connectivity index (χ1v) is 7.92. The molecule has 2 saturated heterocycles. The lowest BCUT2D eigenvalue weighted by Gasteiger charge is -2.37. The molecule has 2 unspecified atom stereocenters. The van der Waals surface area contributed by atoms with Crippen LogP contribution >= 0.6 is 0 Å². The first kappa shape index (κ1) is 14.8. The molecule has 2 aliphatic heterocycles. The van der Waals surface area contributed by atoms with Gasteiger partial charge in [0, 0.05) is 18.6 Å². The number of nitrogens with zero attached hydrogens (tertiary/aromatic N) is 1. The standard InChI is InChI=1S/C17H26N2O2/c1-19(2)9-10-21-16-7-3-13(4-8-16)17(20)11-14-5-6-15(12-17)18-14/h3-4,7-8,14-15,18,20H,5-6,9-12H2,1-2H3. The minimum Gasteiger partial charge on any atom is -0.492 e. The van der Waals surface area contributed by atoms with Gasteiger partial charge in [0.15, 0.2) is 0 Å². The lowest BCUT2D eigenvalue weighted by atomic mass is 9.81. The molecule has 1 aromatic carbocycles. The van der Waals surface area contributed by atoms with Crippen molar-refractivity contribution in [3.05, 3.63) is 29.8 Å². The van der Waals surface area contributed by atoms with Crippen LogP contribution in [-0.2, 0) is 5.60 Å². The van der Waals surface area contributed by atoms with Gasteiger partial charge in [0.05, 0.1) is 5.60 Å². The summed E-state index contributed by atoms with van der Waals surface area (Å²) < 4.78 is 5.71. The number of ether oxygens (including phenoxy) is 1. The molecule has 0 radical (unpaired) electrons. The van der Waals surface area contributed by atoms with Gasteiger partial charge in [-0.15, -0.1) is 0 Å². The van der Waals surface area contributed by atoms with Crippen molar-refractivity contribution in [2.45, 2.75) is 43.4 Å². The van der Waals surface area contributed by atoms with Crippen LogP contribution in [0.5, 0.6) is 5.75 Å². The van der Waals surface area contributed by atoms with Gasteiger partial charge in [-0.05, 0) is 57.5 Å². The minimum atomic E-state index is -0.667. The summed E-state index contributed by atoms with van der Waals surface area (Å²) >= 11 is 0. The third-order valence-electron chi connectivity index (χ3n) is 4.70. The Morgan fingerprint density at radius 3 is 2.38 bits per heavy atom. The Balaban J connectivity index is 1.63. The Kier molecular flexibility index (Phi) is 4.20. The van der Waals surface area contributed by atoms with Crippen molar-refractivity contribution >= 4 is 0 Å². The van der Waals surface area contributed by atoms with Gasteiger partial charge in [0.1, 0.15) is 12.4 Å². The fraction of sp³-hybridized carbons (Fsp3) is 0.647. The number of nitrogens with one attached hydrogen (secondary N) is 1. The molecule has 116 valence electrons. The van der Waals surface area contributed by atoms with Crippen molar-refractivity contribution in [3.63, 3.8) is 0 Å². The quantitative estimate of drug-likeness (QED) is 0.867. The average Bonchev–Trinajstić information content (AvgIpc) is 2.79. The van der Waals surface area contributed by atoms with Gasteiger partial charge in [-0.25, -0.2) is 0 Å². The van der Waals surface area contributed by atoms with E-state index in [1.54, 1.807) is 0 Å². The summed E-state index contributed by atoms with van der Waals surface area (Å²) in [7, 11) is 4.07. The van der Waals surface area contributed by atoms with E-state index < -0.39 is 5.60 Å². The normalized spacial score (nSPS) is 31.6. The van der Waals surface area contributed by atoms with Gasteiger partial charge >= 0.3 is 0 Å². The predicted molar refractivity (Wildman–Crippen MR) is 83.6 cm³/mol. The number of piperidine rings is 1. The molecule has 3 rings (SSSR count). The highest BCUT2D eigenvalue weighted by molar-refractivity contribution is 5.32. The molecule has 2 bridgehead atoms. The van der Waals surface area contributed by atoms with E-state index in [4.69, 9.17) is 4.74 Å². The number of hydrogen-bond donors (Lipinski definition) is 2. The molecule has 0 spiro atoms. The molecule has 2 aliphatic rings. The highest BCUT2D eigenvalue weighted by Gasteiger charge is 2.43. The Bertz CT molecular complexity index is 460. The number of benzene rings is 1. The molecule has 2 fully saturated rings. The molecule has 0 aliphatic carbocycles. The zero-order valence-electron chi connectivity index (χ0n) is 13.0. The highest BCUT2D eigenvalue weighted by atomic mass is 16.5. The number of rotatable bonds is 5. The lowest BCUT2D eigenvalue weighted by molar-refractivity contribution is -0.0114. The van der Waals surface area contributed by atoms with Crippen LogP contribution in [0.25, 0.3) is 0 Å². The van der Waals surface area contributed by atoms with E-state index >= 15 is 0 Å². The van der Waals surface area contributed by atoms with E-state index in [9.17, 15) is 5.11 Å². The van der Waals surface area contributed by atoms with E-state index in [-0.39, 0.29) is 0 Å². The Morgan fingerprint density at radius 2 is 1.81 bits per heavy atom. The minimum absolute atomic E-state index is 0.477. The fourth-order valence-electron chi connectivity index (χ4n) is 3.57.